The molecule has 114 valence electrons. The molecular weight excluding hydrogens is 302 g/mol. The van der Waals surface area contributed by atoms with Crippen LogP contribution in [0.25, 0.3) is 10.1 Å². The van der Waals surface area contributed by atoms with Gasteiger partial charge < -0.3 is 20.1 Å². The van der Waals surface area contributed by atoms with E-state index >= 15 is 0 Å². The highest BCUT2D eigenvalue weighted by Crippen LogP contribution is 2.39. The highest BCUT2D eigenvalue weighted by atomic mass is 32.1. The van der Waals surface area contributed by atoms with Crippen LogP contribution in [0.15, 0.2) is 18.2 Å². The number of carbonyl (C=O) groups is 1. The number of morpholine rings is 1. The molecule has 2 N–H and O–H groups in total. The second-order valence-electron chi connectivity index (χ2n) is 4.91. The number of primary amides is 1. The standard InChI is InChI=1S/C15H15N3O3S/c16-8-13-15(21-9-14(17)19)11-7-10(1-2-12(11)22-13)18-3-5-20-6-4-18/h1-2,7H,3-6,9H2,(H2,17,19). The zero-order valence-electron chi connectivity index (χ0n) is 11.9. The fourth-order valence-corrected chi connectivity index (χ4v) is 3.37. The van der Waals surface area contributed by atoms with Crippen LogP contribution in [0.4, 0.5) is 5.69 Å². The molecule has 0 unspecified atom stereocenters. The molecule has 0 saturated carbocycles. The number of ether oxygens (including phenoxy) is 2. The minimum atomic E-state index is -0.562. The molecule has 2 aromatic rings. The average Bonchev–Trinajstić information content (AvgIpc) is 2.90. The van der Waals surface area contributed by atoms with Gasteiger partial charge in [-0.1, -0.05) is 0 Å². The molecule has 6 nitrogen and oxygen atoms in total. The Morgan fingerprint density at radius 2 is 2.23 bits per heavy atom. The highest BCUT2D eigenvalue weighted by molar-refractivity contribution is 7.20. The fraction of sp³-hybridized carbons (Fsp3) is 0.333. The van der Waals surface area contributed by atoms with Crippen molar-refractivity contribution in [3.8, 4) is 11.8 Å². The van der Waals surface area contributed by atoms with Crippen LogP contribution in [-0.4, -0.2) is 38.8 Å². The molecule has 2 heterocycles. The van der Waals surface area contributed by atoms with Crippen molar-refractivity contribution in [3.05, 3.63) is 23.1 Å². The molecule has 1 aliphatic rings. The van der Waals surface area contributed by atoms with Crippen LogP contribution in [0, 0.1) is 11.3 Å². The predicted molar refractivity (Wildman–Crippen MR) is 84.3 cm³/mol. The van der Waals surface area contributed by atoms with Gasteiger partial charge in [0.05, 0.1) is 13.2 Å². The second-order valence-corrected chi connectivity index (χ2v) is 5.96. The average molecular weight is 317 g/mol. The fourth-order valence-electron chi connectivity index (χ4n) is 2.44. The number of nitrogens with two attached hydrogens (primary N) is 1. The zero-order chi connectivity index (χ0) is 15.5. The Hall–Kier alpha value is -2.30. The van der Waals surface area contributed by atoms with Crippen LogP contribution >= 0.6 is 11.3 Å². The molecule has 1 amide bonds. The third kappa shape index (κ3) is 2.84. The molecule has 0 atom stereocenters. The van der Waals surface area contributed by atoms with Crippen LogP contribution in [0.3, 0.4) is 0 Å². The first-order valence-electron chi connectivity index (χ1n) is 6.89. The Balaban J connectivity index is 1.99. The van der Waals surface area contributed by atoms with E-state index in [0.717, 1.165) is 28.9 Å². The molecule has 0 spiro atoms. The van der Waals surface area contributed by atoms with Gasteiger partial charge >= 0.3 is 0 Å². The number of anilines is 1. The molecule has 1 fully saturated rings. The summed E-state index contributed by atoms with van der Waals surface area (Å²) in [6.07, 6.45) is 0. The number of nitriles is 1. The van der Waals surface area contributed by atoms with Crippen LogP contribution in [0.5, 0.6) is 5.75 Å². The third-order valence-corrected chi connectivity index (χ3v) is 4.52. The first-order chi connectivity index (χ1) is 10.7. The Labute approximate surface area is 131 Å². The van der Waals surface area contributed by atoms with Gasteiger partial charge in [-0.15, -0.1) is 11.3 Å². The van der Waals surface area contributed by atoms with Crippen molar-refractivity contribution in [2.45, 2.75) is 0 Å². The van der Waals surface area contributed by atoms with E-state index in [2.05, 4.69) is 11.0 Å². The minimum Gasteiger partial charge on any atom is -0.481 e. The lowest BCUT2D eigenvalue weighted by Gasteiger charge is -2.28. The normalized spacial score (nSPS) is 14.8. The maximum atomic E-state index is 10.9. The topological polar surface area (TPSA) is 88.6 Å². The van der Waals surface area contributed by atoms with Gasteiger partial charge in [-0.25, -0.2) is 0 Å². The maximum Gasteiger partial charge on any atom is 0.255 e. The summed E-state index contributed by atoms with van der Waals surface area (Å²) in [5, 5.41) is 10.1. The van der Waals surface area contributed by atoms with Gasteiger partial charge in [0.15, 0.2) is 12.4 Å². The molecule has 1 aromatic carbocycles. The zero-order valence-corrected chi connectivity index (χ0v) is 12.7. The third-order valence-electron chi connectivity index (χ3n) is 3.46. The lowest BCUT2D eigenvalue weighted by Crippen LogP contribution is -2.36. The summed E-state index contributed by atoms with van der Waals surface area (Å²) in [5.41, 5.74) is 6.18. The van der Waals surface area contributed by atoms with Crippen LogP contribution < -0.4 is 15.4 Å². The summed E-state index contributed by atoms with van der Waals surface area (Å²) in [6.45, 7) is 2.84. The number of hydrogen-bond donors (Lipinski definition) is 1. The number of fused-ring (bicyclic) bond motifs is 1. The SMILES string of the molecule is N#Cc1sc2ccc(N3CCOCC3)cc2c1OCC(N)=O. The van der Waals surface area contributed by atoms with E-state index in [1.54, 1.807) is 0 Å². The van der Waals surface area contributed by atoms with Crippen LogP contribution in [-0.2, 0) is 9.53 Å². The number of carbonyl (C=O) groups excluding carboxylic acids is 1. The van der Waals surface area contributed by atoms with Gasteiger partial charge in [0.1, 0.15) is 10.9 Å². The summed E-state index contributed by atoms with van der Waals surface area (Å²) in [4.78, 5) is 13.6. The molecule has 3 rings (SSSR count). The van der Waals surface area contributed by atoms with E-state index in [9.17, 15) is 10.1 Å². The monoisotopic (exact) mass is 317 g/mol. The number of amides is 1. The summed E-state index contributed by atoms with van der Waals surface area (Å²) in [5.74, 6) is -0.121. The molecule has 1 aromatic heterocycles. The van der Waals surface area contributed by atoms with Crippen molar-refractivity contribution in [1.29, 1.82) is 5.26 Å². The smallest absolute Gasteiger partial charge is 0.255 e. The van der Waals surface area contributed by atoms with Gasteiger partial charge in [0.25, 0.3) is 5.91 Å². The van der Waals surface area contributed by atoms with E-state index < -0.39 is 5.91 Å². The van der Waals surface area contributed by atoms with Crippen molar-refractivity contribution in [3.63, 3.8) is 0 Å². The van der Waals surface area contributed by atoms with Crippen LogP contribution in [0.2, 0.25) is 0 Å². The van der Waals surface area contributed by atoms with Crippen molar-refractivity contribution < 1.29 is 14.3 Å². The van der Waals surface area contributed by atoms with Gasteiger partial charge in [0, 0.05) is 28.9 Å². The van der Waals surface area contributed by atoms with Crippen molar-refractivity contribution in [2.75, 3.05) is 37.8 Å². The van der Waals surface area contributed by atoms with Crippen molar-refractivity contribution in [2.24, 2.45) is 5.73 Å². The van der Waals surface area contributed by atoms with E-state index in [0.29, 0.717) is 23.8 Å². The summed E-state index contributed by atoms with van der Waals surface area (Å²) in [7, 11) is 0. The number of rotatable bonds is 4. The van der Waals surface area contributed by atoms with Crippen LogP contribution in [0.1, 0.15) is 4.88 Å². The number of benzene rings is 1. The van der Waals surface area contributed by atoms with Crippen molar-refractivity contribution >= 4 is 33.0 Å². The summed E-state index contributed by atoms with van der Waals surface area (Å²) >= 11 is 1.35. The molecular formula is C15H15N3O3S. The number of nitrogens with zero attached hydrogens (tertiary/aromatic N) is 2. The predicted octanol–water partition coefficient (Wildman–Crippen LogP) is 1.47. The molecule has 1 saturated heterocycles. The Morgan fingerprint density at radius 3 is 2.91 bits per heavy atom. The van der Waals surface area contributed by atoms with Gasteiger partial charge in [-0.3, -0.25) is 4.79 Å². The molecule has 0 aliphatic carbocycles. The Bertz CT molecular complexity index is 744. The maximum absolute atomic E-state index is 10.9. The minimum absolute atomic E-state index is 0.234. The van der Waals surface area contributed by atoms with Crippen molar-refractivity contribution in [1.82, 2.24) is 0 Å². The quantitative estimate of drug-likeness (QED) is 0.922. The van der Waals surface area contributed by atoms with Gasteiger partial charge in [0.2, 0.25) is 0 Å². The largest absolute Gasteiger partial charge is 0.481 e. The molecule has 22 heavy (non-hydrogen) atoms. The number of thiophene rings is 1. The van der Waals surface area contributed by atoms with E-state index in [1.165, 1.54) is 11.3 Å². The summed E-state index contributed by atoms with van der Waals surface area (Å²) in [6, 6.07) is 8.12. The molecule has 0 bridgehead atoms. The van der Waals surface area contributed by atoms with Gasteiger partial charge in [-0.05, 0) is 18.2 Å². The summed E-state index contributed by atoms with van der Waals surface area (Å²) < 4.78 is 11.8. The number of hydrogen-bond acceptors (Lipinski definition) is 6. The van der Waals surface area contributed by atoms with E-state index in [-0.39, 0.29) is 6.61 Å². The lowest BCUT2D eigenvalue weighted by molar-refractivity contribution is -0.119. The lowest BCUT2D eigenvalue weighted by atomic mass is 10.2. The van der Waals surface area contributed by atoms with Gasteiger partial charge in [-0.2, -0.15) is 5.26 Å². The molecule has 7 heteroatoms. The Morgan fingerprint density at radius 1 is 1.45 bits per heavy atom. The molecule has 0 radical (unpaired) electrons. The highest BCUT2D eigenvalue weighted by Gasteiger charge is 2.17. The first-order valence-corrected chi connectivity index (χ1v) is 7.71. The Kier molecular flexibility index (Phi) is 4.13. The first kappa shape index (κ1) is 14.6. The molecule has 1 aliphatic heterocycles. The van der Waals surface area contributed by atoms with E-state index in [4.69, 9.17) is 15.2 Å². The van der Waals surface area contributed by atoms with E-state index in [1.807, 2.05) is 18.2 Å². The second kappa shape index (κ2) is 6.22.